The summed E-state index contributed by atoms with van der Waals surface area (Å²) in [6, 6.07) is 12.4. The third-order valence-corrected chi connectivity index (χ3v) is 6.73. The zero-order valence-electron chi connectivity index (χ0n) is 13.9. The highest BCUT2D eigenvalue weighted by Crippen LogP contribution is 2.20. The van der Waals surface area contributed by atoms with Gasteiger partial charge in [0.15, 0.2) is 0 Å². The van der Waals surface area contributed by atoms with Gasteiger partial charge in [-0.3, -0.25) is 4.79 Å². The van der Waals surface area contributed by atoms with Gasteiger partial charge in [0.25, 0.3) is 0 Å². The van der Waals surface area contributed by atoms with Crippen LogP contribution in [0.1, 0.15) is 5.56 Å². The number of hydrogen-bond donors (Lipinski definition) is 0. The quantitative estimate of drug-likeness (QED) is 0.733. The second-order valence-electron chi connectivity index (χ2n) is 6.05. The maximum absolute atomic E-state index is 13.2. The number of benzene rings is 2. The number of hydrogen-bond acceptors (Lipinski definition) is 3. The van der Waals surface area contributed by atoms with Gasteiger partial charge in [-0.15, -0.1) is 0 Å². The van der Waals surface area contributed by atoms with Crippen LogP contribution in [0, 0.1) is 5.82 Å². The van der Waals surface area contributed by atoms with Gasteiger partial charge in [-0.05, 0) is 42.0 Å². The lowest BCUT2D eigenvalue weighted by Gasteiger charge is -2.34. The van der Waals surface area contributed by atoms with E-state index in [0.717, 1.165) is 4.47 Å². The molecule has 1 fully saturated rings. The minimum Gasteiger partial charge on any atom is -0.340 e. The predicted octanol–water partition coefficient (Wildman–Crippen LogP) is 2.66. The molecular formula is C18H18BrFN2O3S. The van der Waals surface area contributed by atoms with Crippen molar-refractivity contribution < 1.29 is 17.6 Å². The van der Waals surface area contributed by atoms with Gasteiger partial charge >= 0.3 is 0 Å². The van der Waals surface area contributed by atoms with E-state index in [2.05, 4.69) is 15.9 Å². The number of nitrogens with zero attached hydrogens (tertiary/aromatic N) is 2. The van der Waals surface area contributed by atoms with E-state index in [-0.39, 0.29) is 36.1 Å². The molecule has 2 aromatic rings. The number of carbonyl (C=O) groups excluding carboxylic acids is 1. The molecule has 1 aliphatic heterocycles. The molecular weight excluding hydrogens is 423 g/mol. The van der Waals surface area contributed by atoms with E-state index in [4.69, 9.17) is 0 Å². The van der Waals surface area contributed by atoms with Crippen molar-refractivity contribution in [2.24, 2.45) is 0 Å². The van der Waals surface area contributed by atoms with Gasteiger partial charge in [0.2, 0.25) is 15.9 Å². The Hall–Kier alpha value is -1.77. The molecule has 0 bridgehead atoms. The summed E-state index contributed by atoms with van der Waals surface area (Å²) < 4.78 is 40.8. The van der Waals surface area contributed by atoms with Crippen molar-refractivity contribution in [3.63, 3.8) is 0 Å². The number of carbonyl (C=O) groups is 1. The van der Waals surface area contributed by atoms with E-state index in [1.54, 1.807) is 41.3 Å². The second-order valence-corrected chi connectivity index (χ2v) is 8.90. The summed E-state index contributed by atoms with van der Waals surface area (Å²) in [6.45, 7) is 1.13. The first-order valence-corrected chi connectivity index (χ1v) is 10.4. The Morgan fingerprint density at radius 3 is 2.31 bits per heavy atom. The Bertz CT molecular complexity index is 895. The fraction of sp³-hybridized carbons (Fsp3) is 0.278. The Balaban J connectivity index is 1.61. The summed E-state index contributed by atoms with van der Waals surface area (Å²) in [5, 5.41) is 0. The van der Waals surface area contributed by atoms with E-state index >= 15 is 0 Å². The van der Waals surface area contributed by atoms with Crippen LogP contribution >= 0.6 is 15.9 Å². The molecule has 5 nitrogen and oxygen atoms in total. The van der Waals surface area contributed by atoms with E-state index in [1.807, 2.05) is 0 Å². The Morgan fingerprint density at radius 2 is 1.69 bits per heavy atom. The summed E-state index contributed by atoms with van der Waals surface area (Å²) in [5.41, 5.74) is 0.611. The van der Waals surface area contributed by atoms with Crippen molar-refractivity contribution in [2.45, 2.75) is 11.3 Å². The number of sulfonamides is 1. The molecule has 2 aromatic carbocycles. The third kappa shape index (κ3) is 4.31. The van der Waals surface area contributed by atoms with Crippen LogP contribution < -0.4 is 0 Å². The van der Waals surface area contributed by atoms with Gasteiger partial charge in [0, 0.05) is 30.7 Å². The van der Waals surface area contributed by atoms with E-state index in [1.165, 1.54) is 16.4 Å². The molecule has 26 heavy (non-hydrogen) atoms. The summed E-state index contributed by atoms with van der Waals surface area (Å²) in [5.74, 6) is -0.503. The van der Waals surface area contributed by atoms with Crippen molar-refractivity contribution in [2.75, 3.05) is 26.2 Å². The van der Waals surface area contributed by atoms with Gasteiger partial charge in [-0.2, -0.15) is 4.31 Å². The standard InChI is InChI=1S/C18H18BrFN2O3S/c19-15-4-6-17(7-5-15)26(24,25)22-10-8-21(9-11-22)18(23)13-14-2-1-3-16(20)12-14/h1-7,12H,8-11,13H2. The summed E-state index contributed by atoms with van der Waals surface area (Å²) in [4.78, 5) is 14.2. The first kappa shape index (κ1) is 19.0. The van der Waals surface area contributed by atoms with Crippen LogP contribution in [0.5, 0.6) is 0 Å². The maximum atomic E-state index is 13.2. The van der Waals surface area contributed by atoms with Crippen LogP contribution in [0.4, 0.5) is 4.39 Å². The number of amides is 1. The first-order valence-electron chi connectivity index (χ1n) is 8.14. The molecule has 0 radical (unpaired) electrons. The van der Waals surface area contributed by atoms with Crippen LogP contribution in [0.2, 0.25) is 0 Å². The molecule has 0 aromatic heterocycles. The number of halogens is 2. The topological polar surface area (TPSA) is 57.7 Å². The average molecular weight is 441 g/mol. The zero-order valence-corrected chi connectivity index (χ0v) is 16.3. The van der Waals surface area contributed by atoms with Crippen LogP contribution in [0.3, 0.4) is 0 Å². The van der Waals surface area contributed by atoms with Gasteiger partial charge in [-0.1, -0.05) is 28.1 Å². The largest absolute Gasteiger partial charge is 0.340 e. The van der Waals surface area contributed by atoms with E-state index in [9.17, 15) is 17.6 Å². The zero-order chi connectivity index (χ0) is 18.7. The Labute approximate surface area is 160 Å². The summed E-state index contributed by atoms with van der Waals surface area (Å²) in [7, 11) is -3.57. The highest BCUT2D eigenvalue weighted by Gasteiger charge is 2.30. The van der Waals surface area contributed by atoms with Gasteiger partial charge in [0.05, 0.1) is 11.3 Å². The highest BCUT2D eigenvalue weighted by atomic mass is 79.9. The third-order valence-electron chi connectivity index (χ3n) is 4.29. The smallest absolute Gasteiger partial charge is 0.243 e. The molecule has 1 amide bonds. The van der Waals surface area contributed by atoms with Gasteiger partial charge < -0.3 is 4.90 Å². The average Bonchev–Trinajstić information content (AvgIpc) is 2.62. The molecule has 1 saturated heterocycles. The number of piperazine rings is 1. The Morgan fingerprint density at radius 1 is 1.04 bits per heavy atom. The lowest BCUT2D eigenvalue weighted by molar-refractivity contribution is -0.131. The van der Waals surface area contributed by atoms with Crippen molar-refractivity contribution in [1.82, 2.24) is 9.21 Å². The molecule has 8 heteroatoms. The van der Waals surface area contributed by atoms with Crippen molar-refractivity contribution in [3.8, 4) is 0 Å². The van der Waals surface area contributed by atoms with Crippen LogP contribution in [0.25, 0.3) is 0 Å². The van der Waals surface area contributed by atoms with E-state index in [0.29, 0.717) is 18.7 Å². The minimum absolute atomic E-state index is 0.108. The molecule has 1 aliphatic rings. The summed E-state index contributed by atoms with van der Waals surface area (Å²) >= 11 is 3.29. The van der Waals surface area contributed by atoms with Crippen molar-refractivity contribution in [1.29, 1.82) is 0 Å². The Kier molecular flexibility index (Phi) is 5.74. The molecule has 1 heterocycles. The molecule has 0 atom stereocenters. The predicted molar refractivity (Wildman–Crippen MR) is 99.6 cm³/mol. The van der Waals surface area contributed by atoms with Crippen molar-refractivity contribution >= 4 is 31.9 Å². The van der Waals surface area contributed by atoms with Gasteiger partial charge in [-0.25, -0.2) is 12.8 Å². The molecule has 3 rings (SSSR count). The van der Waals surface area contributed by atoms with E-state index < -0.39 is 10.0 Å². The highest BCUT2D eigenvalue weighted by molar-refractivity contribution is 9.10. The van der Waals surface area contributed by atoms with Crippen molar-refractivity contribution in [3.05, 3.63) is 64.4 Å². The fourth-order valence-electron chi connectivity index (χ4n) is 2.87. The molecule has 0 unspecified atom stereocenters. The minimum atomic E-state index is -3.57. The van der Waals surface area contributed by atoms with Crippen LogP contribution in [-0.2, 0) is 21.2 Å². The first-order chi connectivity index (χ1) is 12.4. The molecule has 0 aliphatic carbocycles. The summed E-state index contributed by atoms with van der Waals surface area (Å²) in [6.07, 6.45) is 0.108. The van der Waals surface area contributed by atoms with Crippen LogP contribution in [0.15, 0.2) is 57.9 Å². The maximum Gasteiger partial charge on any atom is 0.243 e. The SMILES string of the molecule is O=C(Cc1cccc(F)c1)N1CCN(S(=O)(=O)c2ccc(Br)cc2)CC1. The lowest BCUT2D eigenvalue weighted by atomic mass is 10.1. The van der Waals surface area contributed by atoms with Gasteiger partial charge in [0.1, 0.15) is 5.82 Å². The molecule has 0 saturated carbocycles. The lowest BCUT2D eigenvalue weighted by Crippen LogP contribution is -2.50. The molecule has 0 spiro atoms. The monoisotopic (exact) mass is 440 g/mol. The number of rotatable bonds is 4. The molecule has 138 valence electrons. The van der Waals surface area contributed by atoms with Crippen LogP contribution in [-0.4, -0.2) is 49.7 Å². The second kappa shape index (κ2) is 7.85. The molecule has 0 N–H and O–H groups in total. The normalized spacial score (nSPS) is 15.8. The fourth-order valence-corrected chi connectivity index (χ4v) is 4.55.